The third-order valence-corrected chi connectivity index (χ3v) is 5.24. The molecule has 9 heteroatoms. The van der Waals surface area contributed by atoms with Crippen LogP contribution in [0, 0.1) is 0 Å². The first-order valence-corrected chi connectivity index (χ1v) is 10.6. The minimum Gasteiger partial charge on any atom is -0.495 e. The van der Waals surface area contributed by atoms with Crippen LogP contribution in [-0.4, -0.2) is 26.2 Å². The van der Waals surface area contributed by atoms with E-state index >= 15 is 0 Å². The van der Waals surface area contributed by atoms with Gasteiger partial charge in [0.1, 0.15) is 17.2 Å². The summed E-state index contributed by atoms with van der Waals surface area (Å²) < 4.78 is 17.6. The number of hydrogen-bond donors (Lipinski definition) is 2. The lowest BCUT2D eigenvalue weighted by Crippen LogP contribution is -2.27. The number of rotatable bonds is 9. The Kier molecular flexibility index (Phi) is 9.32. The van der Waals surface area contributed by atoms with Crippen molar-refractivity contribution in [2.45, 2.75) is 32.6 Å². The van der Waals surface area contributed by atoms with Crippen LogP contribution < -0.4 is 23.8 Å². The summed E-state index contributed by atoms with van der Waals surface area (Å²) in [5, 5.41) is 2.74. The number of urea groups is 1. The van der Waals surface area contributed by atoms with Crippen molar-refractivity contribution in [3.63, 3.8) is 0 Å². The monoisotopic (exact) mass is 496 g/mol. The second kappa shape index (κ2) is 11.7. The van der Waals surface area contributed by atoms with Crippen LogP contribution >= 0.6 is 28.7 Å². The van der Waals surface area contributed by atoms with Crippen LogP contribution in [0.4, 0.5) is 16.2 Å². The van der Waals surface area contributed by atoms with Gasteiger partial charge in [-0.15, -0.1) is 0 Å². The average Bonchev–Trinajstić information content (AvgIpc) is 2.74. The lowest BCUT2D eigenvalue weighted by molar-refractivity contribution is -0.134. The molecule has 0 saturated heterocycles. The van der Waals surface area contributed by atoms with Gasteiger partial charge in [-0.1, -0.05) is 32.6 Å². The smallest absolute Gasteiger partial charge is 0.336 e. The quantitative estimate of drug-likeness (QED) is 0.197. The lowest BCUT2D eigenvalue weighted by Gasteiger charge is -2.19. The number of unbranched alkanes of at least 4 members (excludes halogenated alkanes) is 2. The maximum absolute atomic E-state index is 12.6. The van der Waals surface area contributed by atoms with Crippen LogP contribution in [0.15, 0.2) is 40.9 Å². The summed E-state index contributed by atoms with van der Waals surface area (Å²) in [6.45, 7) is 2.08. The van der Waals surface area contributed by atoms with Gasteiger partial charge in [-0.2, -0.15) is 0 Å². The van der Waals surface area contributed by atoms with Crippen molar-refractivity contribution in [1.82, 2.24) is 0 Å². The SMILES string of the molecule is CCCCCC(=O)Oc1ccc(N(S)C(=O)Nc2cc(Br)c(OC)cc2OC)cc1. The van der Waals surface area contributed by atoms with Crippen LogP contribution in [0.3, 0.4) is 0 Å². The first-order valence-electron chi connectivity index (χ1n) is 9.41. The van der Waals surface area contributed by atoms with E-state index in [2.05, 4.69) is 41.0 Å². The number of carbonyl (C=O) groups is 2. The molecule has 162 valence electrons. The van der Waals surface area contributed by atoms with Gasteiger partial charge >= 0.3 is 12.0 Å². The van der Waals surface area contributed by atoms with Gasteiger partial charge in [-0.25, -0.2) is 9.10 Å². The number of methoxy groups -OCH3 is 2. The Morgan fingerprint density at radius 1 is 1.07 bits per heavy atom. The average molecular weight is 497 g/mol. The maximum atomic E-state index is 12.6. The first kappa shape index (κ1) is 23.9. The van der Waals surface area contributed by atoms with E-state index in [9.17, 15) is 9.59 Å². The van der Waals surface area contributed by atoms with Crippen LogP contribution in [-0.2, 0) is 4.79 Å². The van der Waals surface area contributed by atoms with Crippen LogP contribution in [0.25, 0.3) is 0 Å². The highest BCUT2D eigenvalue weighted by Gasteiger charge is 2.17. The molecule has 0 heterocycles. The molecular formula is C21H25BrN2O5S. The van der Waals surface area contributed by atoms with Crippen molar-refractivity contribution in [1.29, 1.82) is 0 Å². The number of hydrogen-bond acceptors (Lipinski definition) is 6. The van der Waals surface area contributed by atoms with Gasteiger partial charge in [-0.3, -0.25) is 4.79 Å². The molecule has 0 atom stereocenters. The number of anilines is 2. The molecule has 2 aromatic rings. The van der Waals surface area contributed by atoms with E-state index in [4.69, 9.17) is 14.2 Å². The number of amides is 2. The summed E-state index contributed by atoms with van der Waals surface area (Å²) in [5.41, 5.74) is 0.958. The highest BCUT2D eigenvalue weighted by molar-refractivity contribution is 9.10. The van der Waals surface area contributed by atoms with Gasteiger partial charge in [0, 0.05) is 12.5 Å². The number of halogens is 1. The summed E-state index contributed by atoms with van der Waals surface area (Å²) in [5.74, 6) is 1.17. The molecule has 1 N–H and O–H groups in total. The standard InChI is InChI=1S/C21H25BrN2O5S/c1-4-5-6-7-20(25)29-15-10-8-14(9-11-15)24(30)21(26)23-17-12-16(22)18(27-2)13-19(17)28-3/h8-13,30H,4-7H2,1-3H3,(H,23,26). The van der Waals surface area contributed by atoms with Gasteiger partial charge in [0.15, 0.2) is 0 Å². The number of carbonyl (C=O) groups excluding carboxylic acids is 2. The van der Waals surface area contributed by atoms with E-state index in [0.717, 1.165) is 23.6 Å². The van der Waals surface area contributed by atoms with Gasteiger partial charge in [0.05, 0.1) is 30.1 Å². The largest absolute Gasteiger partial charge is 0.495 e. The summed E-state index contributed by atoms with van der Waals surface area (Å²) in [7, 11) is 3.04. The Balaban J connectivity index is 2.03. The third-order valence-electron chi connectivity index (χ3n) is 4.21. The summed E-state index contributed by atoms with van der Waals surface area (Å²) in [6.07, 6.45) is 3.23. The normalized spacial score (nSPS) is 10.3. The highest BCUT2D eigenvalue weighted by atomic mass is 79.9. The Hall–Kier alpha value is -2.39. The zero-order valence-electron chi connectivity index (χ0n) is 17.1. The van der Waals surface area contributed by atoms with Crippen molar-refractivity contribution in [2.75, 3.05) is 23.8 Å². The van der Waals surface area contributed by atoms with Crippen LogP contribution in [0.1, 0.15) is 32.6 Å². The van der Waals surface area contributed by atoms with Crippen LogP contribution in [0.2, 0.25) is 0 Å². The second-order valence-electron chi connectivity index (χ2n) is 6.35. The fourth-order valence-corrected chi connectivity index (χ4v) is 3.29. The van der Waals surface area contributed by atoms with E-state index in [1.807, 2.05) is 0 Å². The Labute approximate surface area is 190 Å². The van der Waals surface area contributed by atoms with E-state index in [1.54, 1.807) is 43.5 Å². The minimum absolute atomic E-state index is 0.270. The van der Waals surface area contributed by atoms with Crippen LogP contribution in [0.5, 0.6) is 17.2 Å². The predicted molar refractivity (Wildman–Crippen MR) is 124 cm³/mol. The van der Waals surface area contributed by atoms with Crippen molar-refractivity contribution >= 4 is 52.1 Å². The molecular weight excluding hydrogens is 472 g/mol. The van der Waals surface area contributed by atoms with E-state index in [0.29, 0.717) is 39.5 Å². The molecule has 7 nitrogen and oxygen atoms in total. The van der Waals surface area contributed by atoms with E-state index in [1.165, 1.54) is 7.11 Å². The molecule has 0 radical (unpaired) electrons. The molecule has 2 rings (SSSR count). The van der Waals surface area contributed by atoms with Crippen molar-refractivity contribution in [3.8, 4) is 17.2 Å². The van der Waals surface area contributed by atoms with Crippen molar-refractivity contribution in [3.05, 3.63) is 40.9 Å². The highest BCUT2D eigenvalue weighted by Crippen LogP contribution is 2.36. The van der Waals surface area contributed by atoms with E-state index < -0.39 is 6.03 Å². The van der Waals surface area contributed by atoms with Gasteiger partial charge < -0.3 is 19.5 Å². The molecule has 0 fully saturated rings. The van der Waals surface area contributed by atoms with Gasteiger partial charge in [0.25, 0.3) is 0 Å². The van der Waals surface area contributed by atoms with Crippen molar-refractivity contribution < 1.29 is 23.8 Å². The fourth-order valence-electron chi connectivity index (χ4n) is 2.60. The molecule has 0 aromatic heterocycles. The van der Waals surface area contributed by atoms with Gasteiger partial charge in [-0.05, 0) is 52.7 Å². The number of esters is 1. The summed E-state index contributed by atoms with van der Waals surface area (Å²) >= 11 is 7.65. The molecule has 0 unspecified atom stereocenters. The minimum atomic E-state index is -0.488. The summed E-state index contributed by atoms with van der Waals surface area (Å²) in [4.78, 5) is 24.4. The molecule has 2 aromatic carbocycles. The molecule has 30 heavy (non-hydrogen) atoms. The number of nitrogens with zero attached hydrogens (tertiary/aromatic N) is 1. The zero-order chi connectivity index (χ0) is 22.1. The predicted octanol–water partition coefficient (Wildman–Crippen LogP) is 5.84. The number of thiol groups is 1. The number of ether oxygens (including phenoxy) is 3. The summed E-state index contributed by atoms with van der Waals surface area (Å²) in [6, 6.07) is 9.37. The number of benzene rings is 2. The molecule has 2 amide bonds. The lowest BCUT2D eigenvalue weighted by atomic mass is 10.2. The molecule has 0 saturated carbocycles. The topological polar surface area (TPSA) is 77.1 Å². The first-order chi connectivity index (χ1) is 14.4. The second-order valence-corrected chi connectivity index (χ2v) is 7.61. The molecule has 0 aliphatic heterocycles. The molecule has 0 spiro atoms. The molecule has 0 bridgehead atoms. The Morgan fingerprint density at radius 3 is 2.33 bits per heavy atom. The Morgan fingerprint density at radius 2 is 1.73 bits per heavy atom. The molecule has 0 aliphatic rings. The number of nitrogens with one attached hydrogen (secondary N) is 1. The van der Waals surface area contributed by atoms with Gasteiger partial charge in [0.2, 0.25) is 0 Å². The van der Waals surface area contributed by atoms with E-state index in [-0.39, 0.29) is 5.97 Å². The fraction of sp³-hybridized carbons (Fsp3) is 0.333. The Bertz CT molecular complexity index is 876. The van der Waals surface area contributed by atoms with Crippen molar-refractivity contribution in [2.24, 2.45) is 0 Å². The maximum Gasteiger partial charge on any atom is 0.336 e. The molecule has 0 aliphatic carbocycles. The zero-order valence-corrected chi connectivity index (χ0v) is 19.6. The third kappa shape index (κ3) is 6.56.